The minimum absolute atomic E-state index is 0.00135. The molecule has 1 aromatic heterocycles. The fourth-order valence-electron chi connectivity index (χ4n) is 1.71. The lowest BCUT2D eigenvalue weighted by atomic mass is 10.2. The number of alkyl halides is 3. The van der Waals surface area contributed by atoms with Gasteiger partial charge in [-0.25, -0.2) is 4.68 Å². The van der Waals surface area contributed by atoms with Crippen LogP contribution in [-0.4, -0.2) is 26.5 Å². The first-order valence-corrected chi connectivity index (χ1v) is 7.51. The lowest BCUT2D eigenvalue weighted by molar-refractivity contribution is -0.146. The summed E-state index contributed by atoms with van der Waals surface area (Å²) in [6.45, 7) is 0. The van der Waals surface area contributed by atoms with Crippen molar-refractivity contribution >= 4 is 23.4 Å². The number of benzene rings is 1. The fraction of sp³-hybridized carbons (Fsp3) is 0.231. The van der Waals surface area contributed by atoms with Crippen LogP contribution >= 0.6 is 11.8 Å². The second-order valence-electron chi connectivity index (χ2n) is 4.48. The molecule has 0 aliphatic carbocycles. The Balaban J connectivity index is 1.90. The molecule has 24 heavy (non-hydrogen) atoms. The van der Waals surface area contributed by atoms with Gasteiger partial charge in [0.2, 0.25) is 11.1 Å². The molecule has 3 N–H and O–H groups in total. The molecule has 0 saturated heterocycles. The number of nitrogens with two attached hydrogens (primary N) is 1. The maximum atomic E-state index is 12.5. The van der Waals surface area contributed by atoms with Gasteiger partial charge in [-0.2, -0.15) is 18.4 Å². The number of amides is 1. The summed E-state index contributed by atoms with van der Waals surface area (Å²) in [5, 5.41) is 17.7. The summed E-state index contributed by atoms with van der Waals surface area (Å²) in [5.41, 5.74) is 0.686. The van der Waals surface area contributed by atoms with Gasteiger partial charge in [0, 0.05) is 12.2 Å². The molecule has 2 rings (SSSR count). The van der Waals surface area contributed by atoms with Gasteiger partial charge in [0.1, 0.15) is 6.07 Å². The van der Waals surface area contributed by atoms with E-state index in [4.69, 9.17) is 11.1 Å². The van der Waals surface area contributed by atoms with Gasteiger partial charge in [0.25, 0.3) is 5.82 Å². The highest BCUT2D eigenvalue weighted by Crippen LogP contribution is 2.29. The molecule has 0 bridgehead atoms. The molecule has 1 amide bonds. The van der Waals surface area contributed by atoms with E-state index in [0.717, 1.165) is 11.8 Å². The molecule has 0 aliphatic rings. The van der Waals surface area contributed by atoms with Crippen LogP contribution in [0, 0.1) is 11.3 Å². The summed E-state index contributed by atoms with van der Waals surface area (Å²) in [6.07, 6.45) is -4.70. The van der Waals surface area contributed by atoms with E-state index in [-0.39, 0.29) is 23.2 Å². The van der Waals surface area contributed by atoms with Crippen LogP contribution < -0.4 is 11.2 Å². The number of carbonyl (C=O) groups excluding carboxylic acids is 1. The second kappa shape index (κ2) is 7.22. The third-order valence-electron chi connectivity index (χ3n) is 2.80. The molecule has 0 spiro atoms. The van der Waals surface area contributed by atoms with Crippen LogP contribution in [-0.2, 0) is 11.0 Å². The number of hydrogen-bond donors (Lipinski definition) is 2. The smallest absolute Gasteiger partial charge is 0.335 e. The maximum absolute atomic E-state index is 12.5. The average Bonchev–Trinajstić information content (AvgIpc) is 2.89. The number of para-hydroxylation sites is 1. The van der Waals surface area contributed by atoms with Gasteiger partial charge in [-0.05, 0) is 12.1 Å². The molecule has 0 fully saturated rings. The van der Waals surface area contributed by atoms with Crippen LogP contribution in [0.4, 0.5) is 18.9 Å². The zero-order valence-corrected chi connectivity index (χ0v) is 12.9. The molecule has 1 aromatic carbocycles. The number of nitrogens with zero attached hydrogens (tertiary/aromatic N) is 4. The van der Waals surface area contributed by atoms with Gasteiger partial charge < -0.3 is 11.2 Å². The zero-order valence-electron chi connectivity index (χ0n) is 12.0. The van der Waals surface area contributed by atoms with Gasteiger partial charge in [-0.1, -0.05) is 23.9 Å². The predicted octanol–water partition coefficient (Wildman–Crippen LogP) is 2.00. The summed E-state index contributed by atoms with van der Waals surface area (Å²) < 4.78 is 37.9. The fourth-order valence-corrected chi connectivity index (χ4v) is 2.50. The van der Waals surface area contributed by atoms with Crippen molar-refractivity contribution in [1.29, 1.82) is 5.26 Å². The lowest BCUT2D eigenvalue weighted by Crippen LogP contribution is -2.21. The molecule has 0 radical (unpaired) electrons. The Morgan fingerprint density at radius 1 is 1.38 bits per heavy atom. The third-order valence-corrected chi connectivity index (χ3v) is 3.74. The maximum Gasteiger partial charge on any atom is 0.453 e. The van der Waals surface area contributed by atoms with Gasteiger partial charge in [0.15, 0.2) is 0 Å². The van der Waals surface area contributed by atoms with Crippen LogP contribution in [0.5, 0.6) is 0 Å². The lowest BCUT2D eigenvalue weighted by Gasteiger charge is -2.07. The molecular weight excluding hydrogens is 345 g/mol. The number of thioether (sulfide) groups is 1. The molecule has 0 aliphatic heterocycles. The van der Waals surface area contributed by atoms with Crippen molar-refractivity contribution in [3.8, 4) is 6.07 Å². The van der Waals surface area contributed by atoms with E-state index in [1.54, 1.807) is 24.3 Å². The van der Waals surface area contributed by atoms with Crippen molar-refractivity contribution in [3.05, 3.63) is 35.7 Å². The standard InChI is InChI=1S/C13H11F3N6OS/c14-13(15,16)11-20-21-12(22(11)18)24-6-5-10(23)19-9-4-2-1-3-8(9)7-17/h1-4H,5-6,18H2,(H,19,23). The van der Waals surface area contributed by atoms with Gasteiger partial charge in [-0.3, -0.25) is 4.79 Å². The van der Waals surface area contributed by atoms with Crippen LogP contribution in [0.3, 0.4) is 0 Å². The first-order chi connectivity index (χ1) is 11.3. The Labute approximate surface area is 138 Å². The Morgan fingerprint density at radius 2 is 2.08 bits per heavy atom. The van der Waals surface area contributed by atoms with E-state index in [9.17, 15) is 18.0 Å². The van der Waals surface area contributed by atoms with Crippen molar-refractivity contribution < 1.29 is 18.0 Å². The summed E-state index contributed by atoms with van der Waals surface area (Å²) in [5.74, 6) is 3.74. The van der Waals surface area contributed by atoms with Crippen molar-refractivity contribution in [2.75, 3.05) is 16.9 Å². The number of aromatic nitrogens is 3. The Morgan fingerprint density at radius 3 is 2.71 bits per heavy atom. The molecular formula is C13H11F3N6OS. The first-order valence-electron chi connectivity index (χ1n) is 6.52. The highest BCUT2D eigenvalue weighted by atomic mass is 32.2. The quantitative estimate of drug-likeness (QED) is 0.626. The van der Waals surface area contributed by atoms with Crippen molar-refractivity contribution in [2.45, 2.75) is 17.8 Å². The number of carbonyl (C=O) groups is 1. The summed E-state index contributed by atoms with van der Waals surface area (Å²) in [4.78, 5) is 11.8. The largest absolute Gasteiger partial charge is 0.453 e. The average molecular weight is 356 g/mol. The van der Waals surface area contributed by atoms with E-state index >= 15 is 0 Å². The first kappa shape index (κ1) is 17.6. The van der Waals surface area contributed by atoms with E-state index in [2.05, 4.69) is 15.5 Å². The van der Waals surface area contributed by atoms with Gasteiger partial charge in [-0.15, -0.1) is 10.2 Å². The van der Waals surface area contributed by atoms with Crippen LogP contribution in [0.25, 0.3) is 0 Å². The van der Waals surface area contributed by atoms with Crippen LogP contribution in [0.2, 0.25) is 0 Å². The third kappa shape index (κ3) is 4.17. The topological polar surface area (TPSA) is 110 Å². The highest BCUT2D eigenvalue weighted by Gasteiger charge is 2.38. The monoisotopic (exact) mass is 356 g/mol. The van der Waals surface area contributed by atoms with Crippen LogP contribution in [0.15, 0.2) is 29.4 Å². The number of nitrogen functional groups attached to an aromatic ring is 1. The van der Waals surface area contributed by atoms with Gasteiger partial charge in [0.05, 0.1) is 11.3 Å². The second-order valence-corrected chi connectivity index (χ2v) is 5.54. The number of rotatable bonds is 5. The van der Waals surface area contributed by atoms with Crippen molar-refractivity contribution in [2.24, 2.45) is 0 Å². The minimum atomic E-state index is -4.70. The van der Waals surface area contributed by atoms with Crippen molar-refractivity contribution in [3.63, 3.8) is 0 Å². The molecule has 1 heterocycles. The van der Waals surface area contributed by atoms with Gasteiger partial charge >= 0.3 is 6.18 Å². The number of hydrogen-bond acceptors (Lipinski definition) is 6. The number of nitrogens with one attached hydrogen (secondary N) is 1. The Bertz CT molecular complexity index is 783. The predicted molar refractivity (Wildman–Crippen MR) is 80.3 cm³/mol. The number of anilines is 1. The summed E-state index contributed by atoms with van der Waals surface area (Å²) in [6, 6.07) is 8.41. The SMILES string of the molecule is N#Cc1ccccc1NC(=O)CCSc1nnc(C(F)(F)F)n1N. The molecule has 0 unspecified atom stereocenters. The molecule has 7 nitrogen and oxygen atoms in total. The number of nitriles is 1. The Hall–Kier alpha value is -2.74. The van der Waals surface area contributed by atoms with E-state index < -0.39 is 12.0 Å². The normalized spacial score (nSPS) is 11.1. The number of halogens is 3. The molecule has 126 valence electrons. The minimum Gasteiger partial charge on any atom is -0.335 e. The van der Waals surface area contributed by atoms with Crippen LogP contribution in [0.1, 0.15) is 17.8 Å². The highest BCUT2D eigenvalue weighted by molar-refractivity contribution is 7.99. The molecule has 11 heteroatoms. The van der Waals surface area contributed by atoms with Crippen molar-refractivity contribution in [1.82, 2.24) is 14.9 Å². The Kier molecular flexibility index (Phi) is 5.30. The van der Waals surface area contributed by atoms with E-state index in [1.807, 2.05) is 6.07 Å². The zero-order chi connectivity index (χ0) is 17.7. The van der Waals surface area contributed by atoms with E-state index in [0.29, 0.717) is 15.9 Å². The summed E-state index contributed by atoms with van der Waals surface area (Å²) >= 11 is 0.871. The molecule has 2 aromatic rings. The summed E-state index contributed by atoms with van der Waals surface area (Å²) in [7, 11) is 0. The molecule has 0 saturated carbocycles. The molecule has 0 atom stereocenters. The van der Waals surface area contributed by atoms with E-state index in [1.165, 1.54) is 0 Å².